The summed E-state index contributed by atoms with van der Waals surface area (Å²) in [6, 6.07) is 0. The molecule has 0 aliphatic carbocycles. The molecule has 2 rings (SSSR count). The number of hydrogen-bond donors (Lipinski definition) is 2. The summed E-state index contributed by atoms with van der Waals surface area (Å²) in [5.41, 5.74) is 0. The summed E-state index contributed by atoms with van der Waals surface area (Å²) in [6.07, 6.45) is 18.3. The largest absolute Gasteiger partial charge is 0.478 e. The average Bonchev–Trinajstić information content (AvgIpc) is 3.15. The van der Waals surface area contributed by atoms with Crippen molar-refractivity contribution < 1.29 is 19.7 Å². The van der Waals surface area contributed by atoms with Crippen LogP contribution in [-0.4, -0.2) is 34.5 Å². The van der Waals surface area contributed by atoms with Crippen LogP contribution in [0.5, 0.6) is 0 Å². The highest BCUT2D eigenvalue weighted by molar-refractivity contribution is 5.79. The van der Waals surface area contributed by atoms with Gasteiger partial charge in [0.2, 0.25) is 0 Å². The van der Waals surface area contributed by atoms with Crippen molar-refractivity contribution in [1.29, 1.82) is 0 Å². The van der Waals surface area contributed by atoms with Crippen LogP contribution < -0.4 is 0 Å². The van der Waals surface area contributed by atoms with Gasteiger partial charge < -0.3 is 14.9 Å². The molecule has 0 aromatic heterocycles. The highest BCUT2D eigenvalue weighted by Crippen LogP contribution is 2.45. The maximum absolute atomic E-state index is 10.4. The van der Waals surface area contributed by atoms with Gasteiger partial charge in [-0.3, -0.25) is 0 Å². The molecule has 1 unspecified atom stereocenters. The normalized spacial score (nSPS) is 30.7. The van der Waals surface area contributed by atoms with Crippen LogP contribution in [0.2, 0.25) is 0 Å². The van der Waals surface area contributed by atoms with E-state index in [1.165, 1.54) is 6.08 Å². The van der Waals surface area contributed by atoms with Gasteiger partial charge in [0.25, 0.3) is 0 Å². The molecule has 2 N–H and O–H groups in total. The number of carboxylic acid groups (broad SMARTS) is 1. The molecule has 2 aliphatic rings. The number of ether oxygens (including phenoxy) is 1. The third-order valence-corrected chi connectivity index (χ3v) is 4.82. The van der Waals surface area contributed by atoms with Crippen molar-refractivity contribution in [3.8, 4) is 0 Å². The van der Waals surface area contributed by atoms with E-state index in [2.05, 4.69) is 18.7 Å². The van der Waals surface area contributed by atoms with Crippen molar-refractivity contribution in [2.24, 2.45) is 11.8 Å². The van der Waals surface area contributed by atoms with Crippen molar-refractivity contribution in [1.82, 2.24) is 0 Å². The number of allylic oxidation sites excluding steroid dienone is 4. The fourth-order valence-electron chi connectivity index (χ4n) is 3.62. The molecular formula is C20H28O4. The van der Waals surface area contributed by atoms with E-state index >= 15 is 0 Å². The second-order valence-electron chi connectivity index (χ2n) is 6.53. The Balaban J connectivity index is 1.85. The van der Waals surface area contributed by atoms with Gasteiger partial charge in [0.15, 0.2) is 0 Å². The summed E-state index contributed by atoms with van der Waals surface area (Å²) < 4.78 is 6.05. The monoisotopic (exact) mass is 332 g/mol. The lowest BCUT2D eigenvalue weighted by atomic mass is 9.77. The van der Waals surface area contributed by atoms with E-state index in [-0.39, 0.29) is 6.10 Å². The van der Waals surface area contributed by atoms with E-state index in [0.717, 1.165) is 25.7 Å². The summed E-state index contributed by atoms with van der Waals surface area (Å²) in [5, 5.41) is 18.5. The Morgan fingerprint density at radius 2 is 2.04 bits per heavy atom. The lowest BCUT2D eigenvalue weighted by molar-refractivity contribution is -0.131. The molecule has 5 atom stereocenters. The zero-order valence-electron chi connectivity index (χ0n) is 14.1. The number of carboxylic acids is 1. The van der Waals surface area contributed by atoms with Crippen LogP contribution in [0.1, 0.15) is 38.5 Å². The van der Waals surface area contributed by atoms with Gasteiger partial charge in [-0.05, 0) is 44.4 Å². The quantitative estimate of drug-likeness (QED) is 0.473. The van der Waals surface area contributed by atoms with Gasteiger partial charge in [0, 0.05) is 12.0 Å². The number of aliphatic hydroxyl groups is 1. The third kappa shape index (κ3) is 5.46. The summed E-state index contributed by atoms with van der Waals surface area (Å²) in [4.78, 5) is 10.4. The summed E-state index contributed by atoms with van der Waals surface area (Å²) in [6.45, 7) is 3.68. The number of aliphatic hydroxyl groups excluding tert-OH is 1. The molecule has 24 heavy (non-hydrogen) atoms. The molecule has 0 aromatic rings. The van der Waals surface area contributed by atoms with Crippen molar-refractivity contribution in [3.63, 3.8) is 0 Å². The maximum Gasteiger partial charge on any atom is 0.327 e. The first-order chi connectivity index (χ1) is 11.6. The van der Waals surface area contributed by atoms with Crippen LogP contribution in [0.3, 0.4) is 0 Å². The predicted molar refractivity (Wildman–Crippen MR) is 94.6 cm³/mol. The molecule has 2 heterocycles. The Hall–Kier alpha value is -1.65. The van der Waals surface area contributed by atoms with Crippen molar-refractivity contribution >= 4 is 5.97 Å². The number of carbonyl (C=O) groups is 1. The summed E-state index contributed by atoms with van der Waals surface area (Å²) in [7, 11) is 0. The number of hydrogen-bond acceptors (Lipinski definition) is 3. The molecule has 0 radical (unpaired) electrons. The van der Waals surface area contributed by atoms with Gasteiger partial charge in [0.1, 0.15) is 0 Å². The first kappa shape index (κ1) is 18.7. The number of fused-ring (bicyclic) bond motifs is 2. The lowest BCUT2D eigenvalue weighted by Crippen LogP contribution is -2.25. The predicted octanol–water partition coefficient (Wildman–Crippen LogP) is 3.64. The van der Waals surface area contributed by atoms with Crippen LogP contribution >= 0.6 is 0 Å². The molecule has 4 nitrogen and oxygen atoms in total. The lowest BCUT2D eigenvalue weighted by Gasteiger charge is -2.24. The van der Waals surface area contributed by atoms with Crippen LogP contribution in [0.15, 0.2) is 49.1 Å². The molecule has 0 aromatic carbocycles. The Bertz CT molecular complexity index is 506. The van der Waals surface area contributed by atoms with E-state index in [1.807, 2.05) is 18.2 Å². The van der Waals surface area contributed by atoms with E-state index in [9.17, 15) is 9.90 Å². The highest BCUT2D eigenvalue weighted by atomic mass is 16.5. The van der Waals surface area contributed by atoms with Gasteiger partial charge in [-0.1, -0.05) is 36.5 Å². The molecule has 2 fully saturated rings. The van der Waals surface area contributed by atoms with Gasteiger partial charge in [-0.15, -0.1) is 6.58 Å². The second kappa shape index (κ2) is 9.60. The van der Waals surface area contributed by atoms with Crippen molar-refractivity contribution in [2.75, 3.05) is 0 Å². The molecule has 132 valence electrons. The van der Waals surface area contributed by atoms with E-state index in [4.69, 9.17) is 9.84 Å². The number of rotatable bonds is 10. The van der Waals surface area contributed by atoms with Crippen LogP contribution in [0.4, 0.5) is 0 Å². The molecule has 0 spiro atoms. The Labute approximate surface area is 144 Å². The molecule has 0 amide bonds. The first-order valence-corrected chi connectivity index (χ1v) is 8.79. The standard InChI is InChI=1S/C20H28O4/c1-2-3-8-15(21)11-12-17-16(18-13-14-19(17)24-18)9-6-4-5-7-10-20(22)23/h2,4,6-7,10-12,15-19,21H,1,3,5,8-9,13-14H2,(H,22,23)/t15?,16-,17+,18-,19+/m0/s1. The molecule has 2 saturated heterocycles. The minimum absolute atomic E-state index is 0.281. The molecular weight excluding hydrogens is 304 g/mol. The second-order valence-corrected chi connectivity index (χ2v) is 6.53. The third-order valence-electron chi connectivity index (χ3n) is 4.82. The Morgan fingerprint density at radius 1 is 1.25 bits per heavy atom. The molecule has 2 aliphatic heterocycles. The van der Waals surface area contributed by atoms with Crippen LogP contribution in [-0.2, 0) is 9.53 Å². The van der Waals surface area contributed by atoms with E-state index in [1.54, 1.807) is 6.08 Å². The highest BCUT2D eigenvalue weighted by Gasteiger charge is 2.46. The van der Waals surface area contributed by atoms with Crippen LogP contribution in [0.25, 0.3) is 0 Å². The van der Waals surface area contributed by atoms with E-state index < -0.39 is 12.1 Å². The van der Waals surface area contributed by atoms with Gasteiger partial charge in [0.05, 0.1) is 18.3 Å². The van der Waals surface area contributed by atoms with E-state index in [0.29, 0.717) is 30.8 Å². The van der Waals surface area contributed by atoms with Gasteiger partial charge in [-0.2, -0.15) is 0 Å². The summed E-state index contributed by atoms with van der Waals surface area (Å²) >= 11 is 0. The molecule has 4 heteroatoms. The molecule has 0 saturated carbocycles. The maximum atomic E-state index is 10.4. The number of aliphatic carboxylic acids is 1. The van der Waals surface area contributed by atoms with Crippen molar-refractivity contribution in [2.45, 2.75) is 56.8 Å². The first-order valence-electron chi connectivity index (χ1n) is 8.79. The minimum atomic E-state index is -0.912. The minimum Gasteiger partial charge on any atom is -0.478 e. The van der Waals surface area contributed by atoms with Crippen molar-refractivity contribution in [3.05, 3.63) is 49.1 Å². The Morgan fingerprint density at radius 3 is 2.79 bits per heavy atom. The molecule has 2 bridgehead atoms. The smallest absolute Gasteiger partial charge is 0.327 e. The fourth-order valence-corrected chi connectivity index (χ4v) is 3.62. The van der Waals surface area contributed by atoms with Crippen LogP contribution in [0, 0.1) is 11.8 Å². The fraction of sp³-hybridized carbons (Fsp3) is 0.550. The topological polar surface area (TPSA) is 66.8 Å². The summed E-state index contributed by atoms with van der Waals surface area (Å²) in [5.74, 6) is -0.0993. The van der Waals surface area contributed by atoms with Gasteiger partial charge in [-0.25, -0.2) is 4.79 Å². The Kier molecular flexibility index (Phi) is 7.47. The zero-order valence-corrected chi connectivity index (χ0v) is 14.1. The van der Waals surface area contributed by atoms with Gasteiger partial charge >= 0.3 is 5.97 Å². The zero-order chi connectivity index (χ0) is 17.4. The average molecular weight is 332 g/mol. The SMILES string of the molecule is C=CCCC(O)C=C[C@@H]1[C@H](CC=CCC=CC(=O)O)[C@@H]2CC[C@H]1O2.